The van der Waals surface area contributed by atoms with Crippen molar-refractivity contribution in [2.75, 3.05) is 5.32 Å². The highest BCUT2D eigenvalue weighted by Crippen LogP contribution is 2.38. The van der Waals surface area contributed by atoms with Gasteiger partial charge < -0.3 is 10.1 Å². The Morgan fingerprint density at radius 2 is 1.60 bits per heavy atom. The van der Waals surface area contributed by atoms with Gasteiger partial charge in [0.1, 0.15) is 5.75 Å². The Morgan fingerprint density at radius 1 is 0.943 bits per heavy atom. The van der Waals surface area contributed by atoms with Gasteiger partial charge in [-0.25, -0.2) is 4.79 Å². The predicted octanol–water partition coefficient (Wildman–Crippen LogP) is 7.16. The highest BCUT2D eigenvalue weighted by Gasteiger charge is 2.33. The van der Waals surface area contributed by atoms with E-state index in [9.17, 15) is 28.0 Å². The fraction of sp³-hybridized carbons (Fsp3) is 0.0870. The average Bonchev–Trinajstić information content (AvgIpc) is 2.79. The summed E-state index contributed by atoms with van der Waals surface area (Å²) in [4.78, 5) is 24.7. The molecule has 2 N–H and O–H groups in total. The molecule has 1 atom stereocenters. The summed E-state index contributed by atoms with van der Waals surface area (Å²) in [6, 6.07) is 15.0. The molecule has 0 bridgehead atoms. The number of benzene rings is 3. The SMILES string of the molecule is N#CC(c1ccc(Cl)cc1)c1ccc(NC(=O)NC(=O)c2ccccc2OC(F)(F)F)c(Cl)c1Cl. The molecule has 0 aliphatic heterocycles. The summed E-state index contributed by atoms with van der Waals surface area (Å²) >= 11 is 18.5. The van der Waals surface area contributed by atoms with Crippen LogP contribution >= 0.6 is 34.8 Å². The zero-order valence-electron chi connectivity index (χ0n) is 17.3. The summed E-state index contributed by atoms with van der Waals surface area (Å²) in [6.45, 7) is 0. The lowest BCUT2D eigenvalue weighted by molar-refractivity contribution is -0.274. The van der Waals surface area contributed by atoms with Crippen molar-refractivity contribution in [1.29, 1.82) is 5.26 Å². The van der Waals surface area contributed by atoms with E-state index in [1.165, 1.54) is 24.3 Å². The molecule has 0 aromatic heterocycles. The molecule has 0 fully saturated rings. The van der Waals surface area contributed by atoms with Gasteiger partial charge in [-0.15, -0.1) is 13.2 Å². The number of ether oxygens (including phenoxy) is 1. The normalized spacial score (nSPS) is 11.8. The van der Waals surface area contributed by atoms with Crippen LogP contribution in [0.2, 0.25) is 15.1 Å². The number of urea groups is 1. The highest BCUT2D eigenvalue weighted by molar-refractivity contribution is 6.44. The number of nitrogens with zero attached hydrogens (tertiary/aromatic N) is 1. The number of rotatable bonds is 5. The van der Waals surface area contributed by atoms with Crippen molar-refractivity contribution >= 4 is 52.4 Å². The van der Waals surface area contributed by atoms with E-state index in [1.807, 2.05) is 5.32 Å². The Labute approximate surface area is 212 Å². The smallest absolute Gasteiger partial charge is 0.405 e. The number of anilines is 1. The van der Waals surface area contributed by atoms with Crippen LogP contribution in [0.15, 0.2) is 60.7 Å². The van der Waals surface area contributed by atoms with E-state index in [2.05, 4.69) is 16.1 Å². The number of hydrogen-bond acceptors (Lipinski definition) is 4. The van der Waals surface area contributed by atoms with Gasteiger partial charge in [-0.1, -0.05) is 65.1 Å². The quantitative estimate of drug-likeness (QED) is 0.358. The number of para-hydroxylation sites is 1. The third kappa shape index (κ3) is 6.57. The fourth-order valence-electron chi connectivity index (χ4n) is 3.05. The molecule has 3 aromatic carbocycles. The van der Waals surface area contributed by atoms with Gasteiger partial charge in [0.05, 0.1) is 33.3 Å². The van der Waals surface area contributed by atoms with Crippen LogP contribution in [0.25, 0.3) is 0 Å². The monoisotopic (exact) mass is 541 g/mol. The molecule has 35 heavy (non-hydrogen) atoms. The first-order chi connectivity index (χ1) is 16.5. The lowest BCUT2D eigenvalue weighted by Gasteiger charge is -2.16. The summed E-state index contributed by atoms with van der Waals surface area (Å²) in [7, 11) is 0. The molecular formula is C23H13Cl3F3N3O3. The maximum Gasteiger partial charge on any atom is 0.573 e. The van der Waals surface area contributed by atoms with E-state index in [0.29, 0.717) is 16.1 Å². The van der Waals surface area contributed by atoms with Gasteiger partial charge >= 0.3 is 12.4 Å². The van der Waals surface area contributed by atoms with Crippen molar-refractivity contribution in [1.82, 2.24) is 5.32 Å². The number of nitriles is 1. The Hall–Kier alpha value is -3.45. The molecule has 3 amide bonds. The Kier molecular flexibility index (Phi) is 8.12. The second-order valence-electron chi connectivity index (χ2n) is 6.90. The Balaban J connectivity index is 1.77. The van der Waals surface area contributed by atoms with Crippen LogP contribution in [0.4, 0.5) is 23.7 Å². The van der Waals surface area contributed by atoms with Gasteiger partial charge in [-0.3, -0.25) is 10.1 Å². The number of amides is 3. The standard InChI is InChI=1S/C23H13Cl3F3N3O3/c24-13-7-5-12(6-8-13)16(11-30)14-9-10-17(20(26)19(14)25)31-22(34)32-21(33)15-3-1-2-4-18(15)35-23(27,28)29/h1-10,16H,(H2,31,32,33,34). The predicted molar refractivity (Wildman–Crippen MR) is 125 cm³/mol. The Bertz CT molecular complexity index is 1310. The second-order valence-corrected chi connectivity index (χ2v) is 8.09. The first kappa shape index (κ1) is 26.2. The largest absolute Gasteiger partial charge is 0.573 e. The minimum absolute atomic E-state index is 0.00154. The van der Waals surface area contributed by atoms with E-state index >= 15 is 0 Å². The van der Waals surface area contributed by atoms with Gasteiger partial charge in [0.25, 0.3) is 5.91 Å². The van der Waals surface area contributed by atoms with E-state index < -0.39 is 35.5 Å². The van der Waals surface area contributed by atoms with E-state index in [1.54, 1.807) is 24.3 Å². The molecular weight excluding hydrogens is 530 g/mol. The van der Waals surface area contributed by atoms with Crippen LogP contribution in [-0.2, 0) is 0 Å². The number of halogens is 6. The van der Waals surface area contributed by atoms with Gasteiger partial charge in [0.2, 0.25) is 0 Å². The molecule has 0 radical (unpaired) electrons. The van der Waals surface area contributed by atoms with Crippen LogP contribution in [0.5, 0.6) is 5.75 Å². The molecule has 0 saturated carbocycles. The number of imide groups is 1. The molecule has 6 nitrogen and oxygen atoms in total. The maximum atomic E-state index is 12.6. The molecule has 0 spiro atoms. The number of nitrogens with one attached hydrogen (secondary N) is 2. The summed E-state index contributed by atoms with van der Waals surface area (Å²) in [6.07, 6.45) is -5.03. The maximum absolute atomic E-state index is 12.6. The molecule has 0 saturated heterocycles. The molecule has 3 aromatic rings. The topological polar surface area (TPSA) is 91.2 Å². The highest BCUT2D eigenvalue weighted by atomic mass is 35.5. The second kappa shape index (κ2) is 10.9. The lowest BCUT2D eigenvalue weighted by Crippen LogP contribution is -2.35. The van der Waals surface area contributed by atoms with E-state index in [4.69, 9.17) is 34.8 Å². The first-order valence-corrected chi connectivity index (χ1v) is 10.7. The number of carbonyl (C=O) groups is 2. The van der Waals surface area contributed by atoms with Crippen molar-refractivity contribution in [2.45, 2.75) is 12.3 Å². The zero-order chi connectivity index (χ0) is 25.8. The molecule has 0 aliphatic rings. The molecule has 0 heterocycles. The van der Waals surface area contributed by atoms with Crippen LogP contribution in [0.1, 0.15) is 27.4 Å². The lowest BCUT2D eigenvalue weighted by atomic mass is 9.92. The third-order valence-corrected chi connectivity index (χ3v) is 5.74. The van der Waals surface area contributed by atoms with E-state index in [-0.39, 0.29) is 15.7 Å². The number of carbonyl (C=O) groups excluding carboxylic acids is 2. The van der Waals surface area contributed by atoms with Gasteiger partial charge in [-0.2, -0.15) is 5.26 Å². The minimum atomic E-state index is -5.03. The summed E-state index contributed by atoms with van der Waals surface area (Å²) in [5.74, 6) is -2.71. The van der Waals surface area contributed by atoms with Gasteiger partial charge in [0.15, 0.2) is 0 Å². The van der Waals surface area contributed by atoms with E-state index in [0.717, 1.165) is 12.1 Å². The zero-order valence-corrected chi connectivity index (χ0v) is 19.6. The summed E-state index contributed by atoms with van der Waals surface area (Å²) in [5.41, 5.74) is 0.457. The average molecular weight is 543 g/mol. The fourth-order valence-corrected chi connectivity index (χ4v) is 3.67. The van der Waals surface area contributed by atoms with Crippen molar-refractivity contribution in [2.24, 2.45) is 0 Å². The van der Waals surface area contributed by atoms with Crippen molar-refractivity contribution < 1.29 is 27.5 Å². The Morgan fingerprint density at radius 3 is 2.23 bits per heavy atom. The van der Waals surface area contributed by atoms with Crippen molar-refractivity contribution in [3.05, 3.63) is 92.4 Å². The third-order valence-electron chi connectivity index (χ3n) is 4.59. The molecule has 0 aliphatic carbocycles. The first-order valence-electron chi connectivity index (χ1n) is 9.60. The van der Waals surface area contributed by atoms with Crippen LogP contribution in [0, 0.1) is 11.3 Å². The van der Waals surface area contributed by atoms with Crippen LogP contribution in [0.3, 0.4) is 0 Å². The number of alkyl halides is 3. The molecule has 3 rings (SSSR count). The van der Waals surface area contributed by atoms with Gasteiger partial charge in [0, 0.05) is 5.02 Å². The van der Waals surface area contributed by atoms with Gasteiger partial charge in [-0.05, 0) is 41.5 Å². The molecule has 1 unspecified atom stereocenters. The van der Waals surface area contributed by atoms with Crippen LogP contribution in [-0.4, -0.2) is 18.3 Å². The van der Waals surface area contributed by atoms with Crippen LogP contribution < -0.4 is 15.4 Å². The number of hydrogen-bond donors (Lipinski definition) is 2. The summed E-state index contributed by atoms with van der Waals surface area (Å²) < 4.78 is 41.5. The van der Waals surface area contributed by atoms with Crippen molar-refractivity contribution in [3.63, 3.8) is 0 Å². The summed E-state index contributed by atoms with van der Waals surface area (Å²) in [5, 5.41) is 14.2. The molecule has 12 heteroatoms. The van der Waals surface area contributed by atoms with Crippen molar-refractivity contribution in [3.8, 4) is 11.8 Å². The minimum Gasteiger partial charge on any atom is -0.405 e. The molecule has 180 valence electrons.